The Morgan fingerprint density at radius 3 is 2.43 bits per heavy atom. The van der Waals surface area contributed by atoms with Gasteiger partial charge in [0.2, 0.25) is 0 Å². The lowest BCUT2D eigenvalue weighted by Crippen LogP contribution is -2.15. The topological polar surface area (TPSA) is 72.8 Å². The van der Waals surface area contributed by atoms with Crippen molar-refractivity contribution in [1.82, 2.24) is 0 Å². The molecule has 0 spiro atoms. The van der Waals surface area contributed by atoms with Gasteiger partial charge in [-0.1, -0.05) is 18.2 Å². The van der Waals surface area contributed by atoms with E-state index in [1.807, 2.05) is 0 Å². The number of ether oxygens (including phenoxy) is 1. The smallest absolute Gasteiger partial charge is 0.379 e. The molecule has 5 heteroatoms. The molecule has 0 atom stereocenters. The first kappa shape index (κ1) is 10.2. The Bertz CT molecular complexity index is 319. The molecule has 0 aliphatic carbocycles. The van der Waals surface area contributed by atoms with Crippen LogP contribution >= 0.6 is 0 Å². The SMILES string of the molecule is O=C(COC(=O)c1ccccc1)OO. The van der Waals surface area contributed by atoms with E-state index in [2.05, 4.69) is 9.62 Å². The van der Waals surface area contributed by atoms with E-state index in [1.54, 1.807) is 30.3 Å². The highest BCUT2D eigenvalue weighted by molar-refractivity contribution is 5.90. The van der Waals surface area contributed by atoms with Gasteiger partial charge in [-0.2, -0.15) is 5.26 Å². The molecule has 5 nitrogen and oxygen atoms in total. The van der Waals surface area contributed by atoms with Gasteiger partial charge >= 0.3 is 11.9 Å². The number of carbonyl (C=O) groups excluding carboxylic acids is 2. The molecule has 74 valence electrons. The zero-order chi connectivity index (χ0) is 10.4. The number of benzene rings is 1. The van der Waals surface area contributed by atoms with E-state index < -0.39 is 18.5 Å². The van der Waals surface area contributed by atoms with Crippen molar-refractivity contribution in [1.29, 1.82) is 0 Å². The summed E-state index contributed by atoms with van der Waals surface area (Å²) in [6, 6.07) is 8.18. The first-order valence-electron chi connectivity index (χ1n) is 3.80. The molecule has 0 aromatic heterocycles. The lowest BCUT2D eigenvalue weighted by Gasteiger charge is -2.01. The highest BCUT2D eigenvalue weighted by Gasteiger charge is 2.09. The molecule has 0 bridgehead atoms. The fraction of sp³-hybridized carbons (Fsp3) is 0.111. The third-order valence-electron chi connectivity index (χ3n) is 1.43. The molecule has 1 rings (SSSR count). The minimum Gasteiger partial charge on any atom is -0.450 e. The maximum absolute atomic E-state index is 11.2. The van der Waals surface area contributed by atoms with Crippen LogP contribution in [-0.2, 0) is 14.4 Å². The van der Waals surface area contributed by atoms with Crippen molar-refractivity contribution in [2.45, 2.75) is 0 Å². The van der Waals surface area contributed by atoms with Crippen LogP contribution in [0.3, 0.4) is 0 Å². The Balaban J connectivity index is 2.48. The number of rotatable bonds is 3. The normalized spacial score (nSPS) is 9.21. The van der Waals surface area contributed by atoms with E-state index in [4.69, 9.17) is 5.26 Å². The fourth-order valence-electron chi connectivity index (χ4n) is 0.808. The molecule has 0 amide bonds. The van der Waals surface area contributed by atoms with Gasteiger partial charge < -0.3 is 4.74 Å². The van der Waals surface area contributed by atoms with Gasteiger partial charge in [-0.25, -0.2) is 9.59 Å². The largest absolute Gasteiger partial charge is 0.450 e. The minimum absolute atomic E-state index is 0.332. The van der Waals surface area contributed by atoms with Gasteiger partial charge in [0.1, 0.15) is 0 Å². The van der Waals surface area contributed by atoms with E-state index in [0.29, 0.717) is 5.56 Å². The van der Waals surface area contributed by atoms with Crippen molar-refractivity contribution in [3.63, 3.8) is 0 Å². The van der Waals surface area contributed by atoms with E-state index in [1.165, 1.54) is 0 Å². The second kappa shape index (κ2) is 4.98. The molecular formula is C9H8O5. The van der Waals surface area contributed by atoms with Gasteiger partial charge in [0.25, 0.3) is 0 Å². The summed E-state index contributed by atoms with van der Waals surface area (Å²) in [5.41, 5.74) is 0.332. The Kier molecular flexibility index (Phi) is 3.63. The van der Waals surface area contributed by atoms with Crippen LogP contribution in [0.25, 0.3) is 0 Å². The Morgan fingerprint density at radius 1 is 1.21 bits per heavy atom. The van der Waals surface area contributed by atoms with Crippen molar-refractivity contribution in [3.05, 3.63) is 35.9 Å². The predicted molar refractivity (Wildman–Crippen MR) is 45.4 cm³/mol. The molecule has 1 aromatic carbocycles. The molecule has 0 fully saturated rings. The summed E-state index contributed by atoms with van der Waals surface area (Å²) in [4.78, 5) is 24.9. The summed E-state index contributed by atoms with van der Waals surface area (Å²) in [6.45, 7) is -0.607. The van der Waals surface area contributed by atoms with Crippen LogP contribution in [0.5, 0.6) is 0 Å². The summed E-state index contributed by atoms with van der Waals surface area (Å²) in [7, 11) is 0. The lowest BCUT2D eigenvalue weighted by atomic mass is 10.2. The van der Waals surface area contributed by atoms with Crippen LogP contribution in [0.4, 0.5) is 0 Å². The molecule has 1 N–H and O–H groups in total. The highest BCUT2D eigenvalue weighted by Crippen LogP contribution is 2.00. The van der Waals surface area contributed by atoms with Crippen LogP contribution < -0.4 is 0 Å². The zero-order valence-electron chi connectivity index (χ0n) is 7.17. The van der Waals surface area contributed by atoms with Crippen LogP contribution in [0, 0.1) is 0 Å². The molecule has 0 saturated heterocycles. The molecular weight excluding hydrogens is 188 g/mol. The van der Waals surface area contributed by atoms with Gasteiger partial charge in [-0.3, -0.25) is 4.89 Å². The zero-order valence-corrected chi connectivity index (χ0v) is 7.17. The van der Waals surface area contributed by atoms with Gasteiger partial charge in [0.05, 0.1) is 5.56 Å². The average Bonchev–Trinajstić information content (AvgIpc) is 2.26. The predicted octanol–water partition coefficient (Wildman–Crippen LogP) is 0.860. The Hall–Kier alpha value is -1.88. The molecule has 0 saturated carbocycles. The minimum atomic E-state index is -1.02. The Labute approximate surface area is 79.8 Å². The summed E-state index contributed by atoms with van der Waals surface area (Å²) in [5.74, 6) is -1.66. The molecule has 1 aromatic rings. The monoisotopic (exact) mass is 196 g/mol. The maximum atomic E-state index is 11.2. The number of carbonyl (C=O) groups is 2. The summed E-state index contributed by atoms with van der Waals surface area (Å²) >= 11 is 0. The van der Waals surface area contributed by atoms with Crippen molar-refractivity contribution in [2.75, 3.05) is 6.61 Å². The van der Waals surface area contributed by atoms with Gasteiger partial charge in [-0.15, -0.1) is 0 Å². The van der Waals surface area contributed by atoms with E-state index in [0.717, 1.165) is 0 Å². The standard InChI is InChI=1S/C9H8O5/c10-8(14-12)6-13-9(11)7-4-2-1-3-5-7/h1-5,12H,6H2. The third kappa shape index (κ3) is 2.87. The first-order chi connectivity index (χ1) is 6.74. The van der Waals surface area contributed by atoms with E-state index in [-0.39, 0.29) is 0 Å². The summed E-state index contributed by atoms with van der Waals surface area (Å²) < 4.78 is 4.51. The maximum Gasteiger partial charge on any atom is 0.379 e. The van der Waals surface area contributed by atoms with Gasteiger partial charge in [0, 0.05) is 0 Å². The third-order valence-corrected chi connectivity index (χ3v) is 1.43. The summed E-state index contributed by atoms with van der Waals surface area (Å²) in [6.07, 6.45) is 0. The van der Waals surface area contributed by atoms with Gasteiger partial charge in [-0.05, 0) is 12.1 Å². The second-order valence-corrected chi connectivity index (χ2v) is 2.41. The molecule has 14 heavy (non-hydrogen) atoms. The van der Waals surface area contributed by atoms with Crippen LogP contribution in [0.2, 0.25) is 0 Å². The average molecular weight is 196 g/mol. The van der Waals surface area contributed by atoms with E-state index in [9.17, 15) is 9.59 Å². The van der Waals surface area contributed by atoms with Crippen molar-refractivity contribution in [3.8, 4) is 0 Å². The highest BCUT2D eigenvalue weighted by atomic mass is 17.1. The Morgan fingerprint density at radius 2 is 1.86 bits per heavy atom. The van der Waals surface area contributed by atoms with Crippen LogP contribution in [-0.4, -0.2) is 23.8 Å². The number of hydrogen-bond donors (Lipinski definition) is 1. The van der Waals surface area contributed by atoms with Gasteiger partial charge in [0.15, 0.2) is 6.61 Å². The molecule has 0 aliphatic rings. The first-order valence-corrected chi connectivity index (χ1v) is 3.80. The van der Waals surface area contributed by atoms with Crippen molar-refractivity contribution < 1.29 is 24.5 Å². The van der Waals surface area contributed by atoms with Crippen LogP contribution in [0.1, 0.15) is 10.4 Å². The molecule has 0 aliphatic heterocycles. The lowest BCUT2D eigenvalue weighted by molar-refractivity contribution is -0.236. The number of hydrogen-bond acceptors (Lipinski definition) is 5. The second-order valence-electron chi connectivity index (χ2n) is 2.41. The summed E-state index contributed by atoms with van der Waals surface area (Å²) in [5, 5.41) is 7.88. The fourth-order valence-corrected chi connectivity index (χ4v) is 0.808. The van der Waals surface area contributed by atoms with Crippen molar-refractivity contribution in [2.24, 2.45) is 0 Å². The van der Waals surface area contributed by atoms with E-state index >= 15 is 0 Å². The van der Waals surface area contributed by atoms with Crippen molar-refractivity contribution >= 4 is 11.9 Å². The molecule has 0 radical (unpaired) electrons. The molecule has 0 unspecified atom stereocenters. The van der Waals surface area contributed by atoms with Crippen LogP contribution in [0.15, 0.2) is 30.3 Å². The quantitative estimate of drug-likeness (QED) is 0.441. The number of esters is 1. The molecule has 0 heterocycles.